The van der Waals surface area contributed by atoms with E-state index < -0.39 is 0 Å². The summed E-state index contributed by atoms with van der Waals surface area (Å²) in [4.78, 5) is 15.2. The largest absolute Gasteiger partial charge is 0.462 e. The molecule has 0 bridgehead atoms. The van der Waals surface area contributed by atoms with Gasteiger partial charge in [0.2, 0.25) is 0 Å². The number of aromatic nitrogens is 1. The van der Waals surface area contributed by atoms with Gasteiger partial charge in [-0.05, 0) is 43.5 Å². The number of esters is 1. The molecular formula is C19H19NO2. The molecular weight excluding hydrogens is 274 g/mol. The maximum Gasteiger partial charge on any atom is 0.338 e. The molecule has 1 aromatic heterocycles. The average molecular weight is 293 g/mol. The number of H-pyrrole nitrogens is 1. The van der Waals surface area contributed by atoms with Gasteiger partial charge >= 0.3 is 5.97 Å². The number of carbonyl (C=O) groups excluding carboxylic acids is 1. The van der Waals surface area contributed by atoms with Crippen molar-refractivity contribution in [1.29, 1.82) is 0 Å². The summed E-state index contributed by atoms with van der Waals surface area (Å²) in [5.74, 6) is -0.277. The molecule has 0 saturated carbocycles. The van der Waals surface area contributed by atoms with Crippen LogP contribution in [0.5, 0.6) is 0 Å². The van der Waals surface area contributed by atoms with E-state index in [-0.39, 0.29) is 5.97 Å². The molecule has 112 valence electrons. The molecule has 3 heteroatoms. The molecule has 3 rings (SSSR count). The maximum absolute atomic E-state index is 11.8. The average Bonchev–Trinajstić information content (AvgIpc) is 2.84. The van der Waals surface area contributed by atoms with E-state index in [0.29, 0.717) is 12.2 Å². The molecule has 2 aromatic carbocycles. The Morgan fingerprint density at radius 3 is 2.64 bits per heavy atom. The Hall–Kier alpha value is -2.55. The number of carbonyl (C=O) groups is 1. The topological polar surface area (TPSA) is 42.1 Å². The lowest BCUT2D eigenvalue weighted by Crippen LogP contribution is -2.04. The lowest BCUT2D eigenvalue weighted by atomic mass is 10.0. The summed E-state index contributed by atoms with van der Waals surface area (Å²) >= 11 is 0. The highest BCUT2D eigenvalue weighted by Gasteiger charge is 2.12. The van der Waals surface area contributed by atoms with Crippen molar-refractivity contribution in [3.8, 4) is 0 Å². The Balaban J connectivity index is 1.98. The monoisotopic (exact) mass is 293 g/mol. The molecule has 0 spiro atoms. The number of fused-ring (bicyclic) bond motifs is 1. The van der Waals surface area contributed by atoms with E-state index in [1.807, 2.05) is 31.2 Å². The number of aryl methyl sites for hydroxylation is 1. The van der Waals surface area contributed by atoms with Crippen LogP contribution in [0.15, 0.2) is 48.5 Å². The molecule has 3 nitrogen and oxygen atoms in total. The number of rotatable bonds is 4. The van der Waals surface area contributed by atoms with Gasteiger partial charge in [0.1, 0.15) is 0 Å². The van der Waals surface area contributed by atoms with Crippen LogP contribution in [0, 0.1) is 6.92 Å². The molecule has 0 saturated heterocycles. The van der Waals surface area contributed by atoms with Gasteiger partial charge in [-0.2, -0.15) is 0 Å². The summed E-state index contributed by atoms with van der Waals surface area (Å²) in [5, 5.41) is 1.16. The molecule has 22 heavy (non-hydrogen) atoms. The van der Waals surface area contributed by atoms with Crippen LogP contribution in [0.3, 0.4) is 0 Å². The van der Waals surface area contributed by atoms with Crippen LogP contribution < -0.4 is 0 Å². The number of benzene rings is 2. The van der Waals surface area contributed by atoms with Crippen molar-refractivity contribution >= 4 is 16.9 Å². The molecule has 1 N–H and O–H groups in total. The quantitative estimate of drug-likeness (QED) is 0.731. The second-order valence-electron chi connectivity index (χ2n) is 5.37. The van der Waals surface area contributed by atoms with Crippen molar-refractivity contribution in [1.82, 2.24) is 4.98 Å². The van der Waals surface area contributed by atoms with Crippen molar-refractivity contribution in [3.05, 3.63) is 70.9 Å². The molecule has 0 aliphatic carbocycles. The molecule has 0 amide bonds. The fourth-order valence-electron chi connectivity index (χ4n) is 2.76. The zero-order valence-electron chi connectivity index (χ0n) is 12.8. The Morgan fingerprint density at radius 1 is 1.14 bits per heavy atom. The van der Waals surface area contributed by atoms with Gasteiger partial charge in [0, 0.05) is 16.6 Å². The summed E-state index contributed by atoms with van der Waals surface area (Å²) in [6.45, 7) is 4.27. The van der Waals surface area contributed by atoms with Crippen LogP contribution in [-0.2, 0) is 11.2 Å². The molecule has 0 unspecified atom stereocenters. The first-order chi connectivity index (χ1) is 10.7. The third-order valence-corrected chi connectivity index (χ3v) is 3.85. The number of ether oxygens (including phenoxy) is 1. The van der Waals surface area contributed by atoms with Gasteiger partial charge in [-0.1, -0.05) is 36.4 Å². The molecule has 0 fully saturated rings. The summed E-state index contributed by atoms with van der Waals surface area (Å²) in [6, 6.07) is 16.1. The lowest BCUT2D eigenvalue weighted by Gasteiger charge is -2.04. The van der Waals surface area contributed by atoms with Gasteiger partial charge < -0.3 is 9.72 Å². The van der Waals surface area contributed by atoms with E-state index in [0.717, 1.165) is 23.0 Å². The van der Waals surface area contributed by atoms with E-state index >= 15 is 0 Å². The van der Waals surface area contributed by atoms with Gasteiger partial charge in [0.05, 0.1) is 12.2 Å². The zero-order chi connectivity index (χ0) is 15.5. The van der Waals surface area contributed by atoms with Gasteiger partial charge in [-0.25, -0.2) is 4.79 Å². The van der Waals surface area contributed by atoms with Gasteiger partial charge in [0.15, 0.2) is 0 Å². The summed E-state index contributed by atoms with van der Waals surface area (Å²) < 4.78 is 5.06. The Bertz CT molecular complexity index is 803. The van der Waals surface area contributed by atoms with Crippen molar-refractivity contribution in [2.45, 2.75) is 20.3 Å². The number of hydrogen-bond acceptors (Lipinski definition) is 2. The SMILES string of the molecule is CCOC(=O)c1ccc2c(Cc3ccccc3)c(C)[nH]c2c1. The van der Waals surface area contributed by atoms with Gasteiger partial charge in [0.25, 0.3) is 0 Å². The minimum absolute atomic E-state index is 0.277. The summed E-state index contributed by atoms with van der Waals surface area (Å²) in [7, 11) is 0. The summed E-state index contributed by atoms with van der Waals surface area (Å²) in [5.41, 5.74) is 5.26. The van der Waals surface area contributed by atoms with Crippen LogP contribution in [0.1, 0.15) is 34.1 Å². The first-order valence-corrected chi connectivity index (χ1v) is 7.51. The fourth-order valence-corrected chi connectivity index (χ4v) is 2.76. The van der Waals surface area contributed by atoms with Crippen LogP contribution >= 0.6 is 0 Å². The fraction of sp³-hybridized carbons (Fsp3) is 0.211. The standard InChI is InChI=1S/C19H19NO2/c1-3-22-19(21)15-9-10-16-17(13(2)20-18(16)12-15)11-14-7-5-4-6-8-14/h4-10,12,20H,3,11H2,1-2H3. The first kappa shape index (κ1) is 14.4. The van der Waals surface area contributed by atoms with E-state index in [1.165, 1.54) is 11.1 Å². The second kappa shape index (κ2) is 6.06. The molecule has 0 aliphatic rings. The highest BCUT2D eigenvalue weighted by Crippen LogP contribution is 2.26. The Labute approximate surface area is 129 Å². The van der Waals surface area contributed by atoms with Crippen molar-refractivity contribution in [3.63, 3.8) is 0 Å². The second-order valence-corrected chi connectivity index (χ2v) is 5.37. The third-order valence-electron chi connectivity index (χ3n) is 3.85. The van der Waals surface area contributed by atoms with Gasteiger partial charge in [-0.15, -0.1) is 0 Å². The van der Waals surface area contributed by atoms with Crippen LogP contribution in [0.2, 0.25) is 0 Å². The van der Waals surface area contributed by atoms with Crippen LogP contribution in [0.25, 0.3) is 10.9 Å². The maximum atomic E-state index is 11.8. The predicted molar refractivity (Wildman–Crippen MR) is 88.2 cm³/mol. The van der Waals surface area contributed by atoms with E-state index in [9.17, 15) is 4.79 Å². The van der Waals surface area contributed by atoms with E-state index in [1.54, 1.807) is 0 Å². The molecule has 0 atom stereocenters. The lowest BCUT2D eigenvalue weighted by molar-refractivity contribution is 0.0526. The van der Waals surface area contributed by atoms with E-state index in [4.69, 9.17) is 4.74 Å². The van der Waals surface area contributed by atoms with Crippen LogP contribution in [-0.4, -0.2) is 17.6 Å². The molecule has 0 aliphatic heterocycles. The number of nitrogens with one attached hydrogen (secondary N) is 1. The first-order valence-electron chi connectivity index (χ1n) is 7.51. The molecule has 3 aromatic rings. The molecule has 1 heterocycles. The van der Waals surface area contributed by atoms with Crippen molar-refractivity contribution in [2.24, 2.45) is 0 Å². The zero-order valence-corrected chi connectivity index (χ0v) is 12.8. The van der Waals surface area contributed by atoms with E-state index in [2.05, 4.69) is 36.2 Å². The smallest absolute Gasteiger partial charge is 0.338 e. The highest BCUT2D eigenvalue weighted by atomic mass is 16.5. The minimum Gasteiger partial charge on any atom is -0.462 e. The third kappa shape index (κ3) is 2.75. The highest BCUT2D eigenvalue weighted by molar-refractivity contribution is 5.95. The predicted octanol–water partition coefficient (Wildman–Crippen LogP) is 4.24. The minimum atomic E-state index is -0.277. The van der Waals surface area contributed by atoms with Crippen molar-refractivity contribution in [2.75, 3.05) is 6.61 Å². The number of hydrogen-bond donors (Lipinski definition) is 1. The van der Waals surface area contributed by atoms with Gasteiger partial charge in [-0.3, -0.25) is 0 Å². The Morgan fingerprint density at radius 2 is 1.91 bits per heavy atom. The Kier molecular flexibility index (Phi) is 3.96. The van der Waals surface area contributed by atoms with Crippen LogP contribution in [0.4, 0.5) is 0 Å². The number of aromatic amines is 1. The molecule has 0 radical (unpaired) electrons. The summed E-state index contributed by atoms with van der Waals surface area (Å²) in [6.07, 6.45) is 0.880. The normalized spacial score (nSPS) is 10.8. The van der Waals surface area contributed by atoms with Crippen molar-refractivity contribution < 1.29 is 9.53 Å².